The van der Waals surface area contributed by atoms with Crippen molar-refractivity contribution in [2.45, 2.75) is 19.5 Å². The molecule has 0 radical (unpaired) electrons. The van der Waals surface area contributed by atoms with E-state index in [0.717, 1.165) is 40.8 Å². The molecule has 128 valence electrons. The Kier molecular flexibility index (Phi) is 4.93. The van der Waals surface area contributed by atoms with Crippen LogP contribution in [0.1, 0.15) is 24.5 Å². The maximum Gasteiger partial charge on any atom is 0.416 e. The van der Waals surface area contributed by atoms with E-state index in [0.29, 0.717) is 5.92 Å². The van der Waals surface area contributed by atoms with Gasteiger partial charge in [0.2, 0.25) is 0 Å². The molecule has 0 saturated carbocycles. The van der Waals surface area contributed by atoms with E-state index < -0.39 is 11.7 Å². The summed E-state index contributed by atoms with van der Waals surface area (Å²) in [7, 11) is 0. The summed E-state index contributed by atoms with van der Waals surface area (Å²) in [5.41, 5.74) is 3.26. The number of allylic oxidation sites excluding steroid dienone is 6. The second-order valence-corrected chi connectivity index (χ2v) is 6.27. The highest BCUT2D eigenvalue weighted by Crippen LogP contribution is 2.31. The van der Waals surface area contributed by atoms with Crippen LogP contribution >= 0.6 is 0 Å². The van der Waals surface area contributed by atoms with Crippen LogP contribution in [0.2, 0.25) is 0 Å². The molecule has 2 aromatic rings. The number of rotatable bonds is 2. The lowest BCUT2D eigenvalue weighted by molar-refractivity contribution is -0.137. The molecule has 0 nitrogen and oxygen atoms in total. The fraction of sp³-hybridized carbons (Fsp3) is 0.182. The molecule has 25 heavy (non-hydrogen) atoms. The Balaban J connectivity index is 1.83. The Morgan fingerprint density at radius 3 is 2.00 bits per heavy atom. The minimum atomic E-state index is -4.30. The quantitative estimate of drug-likeness (QED) is 0.557. The summed E-state index contributed by atoms with van der Waals surface area (Å²) in [6, 6.07) is 13.2. The monoisotopic (exact) mass is 340 g/mol. The predicted octanol–water partition coefficient (Wildman–Crippen LogP) is 6.91. The third kappa shape index (κ3) is 4.30. The number of hydrogen-bond acceptors (Lipinski definition) is 0. The second-order valence-electron chi connectivity index (χ2n) is 6.27. The van der Waals surface area contributed by atoms with Gasteiger partial charge in [0, 0.05) is 0 Å². The fourth-order valence-electron chi connectivity index (χ4n) is 2.79. The molecule has 1 unspecified atom stereocenters. The first-order valence-corrected chi connectivity index (χ1v) is 8.26. The zero-order valence-corrected chi connectivity index (χ0v) is 13.9. The lowest BCUT2D eigenvalue weighted by atomic mass is 9.97. The molecule has 1 aliphatic rings. The van der Waals surface area contributed by atoms with Crippen LogP contribution in [0.15, 0.2) is 78.9 Å². The van der Waals surface area contributed by atoms with Crippen LogP contribution in [-0.2, 0) is 6.18 Å². The first-order chi connectivity index (χ1) is 11.9. The summed E-state index contributed by atoms with van der Waals surface area (Å²) >= 11 is 0. The van der Waals surface area contributed by atoms with Crippen molar-refractivity contribution in [3.8, 4) is 11.1 Å². The molecule has 3 rings (SSSR count). The number of benzene rings is 2. The van der Waals surface area contributed by atoms with E-state index in [-0.39, 0.29) is 0 Å². The van der Waals surface area contributed by atoms with Crippen LogP contribution in [0.3, 0.4) is 0 Å². The summed E-state index contributed by atoms with van der Waals surface area (Å²) in [4.78, 5) is 0. The highest BCUT2D eigenvalue weighted by Gasteiger charge is 2.29. The molecule has 0 amide bonds. The van der Waals surface area contributed by atoms with E-state index in [1.165, 1.54) is 12.1 Å². The van der Waals surface area contributed by atoms with Crippen molar-refractivity contribution in [3.63, 3.8) is 0 Å². The van der Waals surface area contributed by atoms with Gasteiger partial charge >= 0.3 is 6.18 Å². The predicted molar refractivity (Wildman–Crippen MR) is 96.9 cm³/mol. The topological polar surface area (TPSA) is 0 Å². The Hall–Kier alpha value is -2.55. The molecule has 0 heterocycles. The smallest absolute Gasteiger partial charge is 0.166 e. The maximum atomic E-state index is 12.6. The van der Waals surface area contributed by atoms with Crippen molar-refractivity contribution < 1.29 is 13.2 Å². The summed E-state index contributed by atoms with van der Waals surface area (Å²) in [6.45, 7) is 2.18. The minimum absolute atomic E-state index is 0.538. The molecule has 1 aliphatic carbocycles. The molecule has 0 N–H and O–H groups in total. The van der Waals surface area contributed by atoms with Gasteiger partial charge in [-0.15, -0.1) is 0 Å². The van der Waals surface area contributed by atoms with Crippen molar-refractivity contribution in [2.24, 2.45) is 5.92 Å². The van der Waals surface area contributed by atoms with E-state index in [4.69, 9.17) is 0 Å². The van der Waals surface area contributed by atoms with E-state index in [1.54, 1.807) is 0 Å². The van der Waals surface area contributed by atoms with E-state index in [9.17, 15) is 13.2 Å². The molecule has 0 bridgehead atoms. The Labute approximate surface area is 146 Å². The molecule has 0 aliphatic heterocycles. The largest absolute Gasteiger partial charge is 0.416 e. The fourth-order valence-corrected chi connectivity index (χ4v) is 2.79. The van der Waals surface area contributed by atoms with Gasteiger partial charge in [0.1, 0.15) is 0 Å². The van der Waals surface area contributed by atoms with Crippen LogP contribution < -0.4 is 0 Å². The molecule has 0 aromatic heterocycles. The van der Waals surface area contributed by atoms with Crippen molar-refractivity contribution in [3.05, 3.63) is 90.0 Å². The van der Waals surface area contributed by atoms with Crippen molar-refractivity contribution >= 4 is 5.57 Å². The van der Waals surface area contributed by atoms with Crippen LogP contribution in [0, 0.1) is 5.92 Å². The van der Waals surface area contributed by atoms with Crippen molar-refractivity contribution in [2.75, 3.05) is 0 Å². The normalized spacial score (nSPS) is 22.4. The molecular weight excluding hydrogens is 321 g/mol. The van der Waals surface area contributed by atoms with Gasteiger partial charge < -0.3 is 0 Å². The minimum Gasteiger partial charge on any atom is -0.166 e. The van der Waals surface area contributed by atoms with Gasteiger partial charge in [-0.1, -0.05) is 73.7 Å². The first-order valence-electron chi connectivity index (χ1n) is 8.26. The molecule has 0 fully saturated rings. The Morgan fingerprint density at radius 2 is 1.40 bits per heavy atom. The third-order valence-electron chi connectivity index (χ3n) is 4.28. The molecular formula is C22H19F3. The van der Waals surface area contributed by atoms with Crippen molar-refractivity contribution in [1.29, 1.82) is 0 Å². The van der Waals surface area contributed by atoms with Gasteiger partial charge in [-0.2, -0.15) is 13.2 Å². The van der Waals surface area contributed by atoms with E-state index in [2.05, 4.69) is 37.3 Å². The second kappa shape index (κ2) is 7.14. The number of alkyl halides is 3. The van der Waals surface area contributed by atoms with Crippen molar-refractivity contribution in [1.82, 2.24) is 0 Å². The number of halogens is 3. The lowest BCUT2D eigenvalue weighted by Gasteiger charge is -2.10. The Bertz CT molecular complexity index is 804. The summed E-state index contributed by atoms with van der Waals surface area (Å²) in [5.74, 6) is 0.538. The number of hydrogen-bond donors (Lipinski definition) is 0. The summed E-state index contributed by atoms with van der Waals surface area (Å²) in [6.07, 6.45) is 7.34. The van der Waals surface area contributed by atoms with Gasteiger partial charge in [0.25, 0.3) is 0 Å². The van der Waals surface area contributed by atoms with Gasteiger partial charge in [-0.25, -0.2) is 0 Å². The molecule has 1 atom stereocenters. The van der Waals surface area contributed by atoms with Crippen LogP contribution in [-0.4, -0.2) is 0 Å². The average Bonchev–Trinajstić information content (AvgIpc) is 2.58. The van der Waals surface area contributed by atoms with Crippen LogP contribution in [0.5, 0.6) is 0 Å². The molecule has 3 heteroatoms. The van der Waals surface area contributed by atoms with Gasteiger partial charge in [-0.05, 0) is 46.7 Å². The Morgan fingerprint density at radius 1 is 0.840 bits per heavy atom. The van der Waals surface area contributed by atoms with Crippen LogP contribution in [0.4, 0.5) is 13.2 Å². The average molecular weight is 340 g/mol. The van der Waals surface area contributed by atoms with Gasteiger partial charge in [-0.3, -0.25) is 0 Å². The highest BCUT2D eigenvalue weighted by molar-refractivity contribution is 5.77. The lowest BCUT2D eigenvalue weighted by Crippen LogP contribution is -2.03. The third-order valence-corrected chi connectivity index (χ3v) is 4.28. The first kappa shape index (κ1) is 17.3. The molecule has 0 spiro atoms. The standard InChI is InChI=1S/C22H19F3/c1-16-4-2-6-17(7-3-5-16)18-8-10-19(11-9-18)20-12-14-21(15-13-20)22(23,24)25/h2-4,6-16H,5H2,1H3/b4-2-,7-3+,17-6+. The zero-order chi connectivity index (χ0) is 17.9. The zero-order valence-electron chi connectivity index (χ0n) is 13.9. The summed E-state index contributed by atoms with van der Waals surface area (Å²) < 4.78 is 37.9. The van der Waals surface area contributed by atoms with E-state index >= 15 is 0 Å². The molecule has 0 saturated heterocycles. The maximum absolute atomic E-state index is 12.6. The van der Waals surface area contributed by atoms with E-state index in [1.807, 2.05) is 24.3 Å². The SMILES string of the molecule is CC1\C=C/C=C(c2ccc(-c3ccc(C(F)(F)F)cc3)cc2)\C=C\C1. The highest BCUT2D eigenvalue weighted by atomic mass is 19.4. The summed E-state index contributed by atoms with van der Waals surface area (Å²) in [5, 5.41) is 0. The van der Waals surface area contributed by atoms with Gasteiger partial charge in [0.15, 0.2) is 0 Å². The van der Waals surface area contributed by atoms with Crippen LogP contribution in [0.25, 0.3) is 16.7 Å². The molecule has 2 aromatic carbocycles. The van der Waals surface area contributed by atoms with Gasteiger partial charge in [0.05, 0.1) is 5.56 Å².